The molecular formula is C35H39N7. The van der Waals surface area contributed by atoms with Crippen molar-refractivity contribution in [3.8, 4) is 0 Å². The van der Waals surface area contributed by atoms with E-state index in [1.54, 1.807) is 0 Å². The van der Waals surface area contributed by atoms with Crippen molar-refractivity contribution < 1.29 is 0 Å². The molecule has 7 nitrogen and oxygen atoms in total. The lowest BCUT2D eigenvalue weighted by Crippen LogP contribution is -2.07. The third-order valence-corrected chi connectivity index (χ3v) is 7.27. The maximum absolute atomic E-state index is 4.84. The second kappa shape index (κ2) is 13.8. The number of hydrogen-bond acceptors (Lipinski definition) is 5. The number of imidazole rings is 2. The molecule has 0 aliphatic heterocycles. The van der Waals surface area contributed by atoms with Crippen LogP contribution in [0.2, 0.25) is 0 Å². The van der Waals surface area contributed by atoms with Crippen LogP contribution in [0.4, 0.5) is 0 Å². The molecule has 0 saturated carbocycles. The van der Waals surface area contributed by atoms with E-state index >= 15 is 0 Å². The van der Waals surface area contributed by atoms with Crippen LogP contribution in [-0.4, -0.2) is 48.6 Å². The largest absolute Gasteiger partial charge is 0.333 e. The molecule has 0 aliphatic carbocycles. The molecule has 0 unspecified atom stereocenters. The Morgan fingerprint density at radius 3 is 1.48 bits per heavy atom. The van der Waals surface area contributed by atoms with Crippen LogP contribution < -0.4 is 0 Å². The van der Waals surface area contributed by atoms with Crippen LogP contribution in [0.15, 0.2) is 102 Å². The van der Waals surface area contributed by atoms with Gasteiger partial charge in [-0.05, 0) is 51.0 Å². The van der Waals surface area contributed by atoms with Crippen molar-refractivity contribution in [2.24, 2.45) is 9.98 Å². The molecule has 0 aliphatic rings. The average Bonchev–Trinajstić information content (AvgIpc) is 3.64. The molecule has 5 rings (SSSR count). The highest BCUT2D eigenvalue weighted by atomic mass is 15.0. The molecular weight excluding hydrogens is 518 g/mol. The van der Waals surface area contributed by atoms with Gasteiger partial charge >= 0.3 is 0 Å². The SMILES string of the molecule is CC(=NCCc1cn(Cc2ccc(C)cc2)cn1)c1cccc(C(C)=NCCc2cn(Cc3ccc(C)cc3)cn2)n1. The van der Waals surface area contributed by atoms with Gasteiger partial charge in [0.25, 0.3) is 0 Å². The van der Waals surface area contributed by atoms with Gasteiger partial charge in [-0.25, -0.2) is 15.0 Å². The lowest BCUT2D eigenvalue weighted by molar-refractivity contribution is 0.795. The molecule has 0 saturated heterocycles. The van der Waals surface area contributed by atoms with Crippen molar-refractivity contribution in [2.75, 3.05) is 13.1 Å². The van der Waals surface area contributed by atoms with Crippen LogP contribution in [0.3, 0.4) is 0 Å². The Morgan fingerprint density at radius 1 is 0.619 bits per heavy atom. The fourth-order valence-electron chi connectivity index (χ4n) is 4.73. The van der Waals surface area contributed by atoms with Crippen LogP contribution >= 0.6 is 0 Å². The van der Waals surface area contributed by atoms with E-state index in [0.717, 1.165) is 60.1 Å². The lowest BCUT2D eigenvalue weighted by Gasteiger charge is -2.05. The first-order valence-electron chi connectivity index (χ1n) is 14.5. The Kier molecular flexibility index (Phi) is 9.49. The molecule has 5 aromatic rings. The summed E-state index contributed by atoms with van der Waals surface area (Å²) < 4.78 is 4.25. The van der Waals surface area contributed by atoms with Crippen LogP contribution in [0.25, 0.3) is 0 Å². The molecule has 0 radical (unpaired) electrons. The van der Waals surface area contributed by atoms with Gasteiger partial charge in [0.2, 0.25) is 0 Å². The fraction of sp³-hybridized carbons (Fsp3) is 0.286. The summed E-state index contributed by atoms with van der Waals surface area (Å²) in [5.41, 5.74) is 10.8. The van der Waals surface area contributed by atoms with Crippen molar-refractivity contribution in [2.45, 2.75) is 53.6 Å². The maximum Gasteiger partial charge on any atom is 0.0952 e. The summed E-state index contributed by atoms with van der Waals surface area (Å²) in [5, 5.41) is 0. The molecule has 0 amide bonds. The third kappa shape index (κ3) is 8.19. The van der Waals surface area contributed by atoms with Gasteiger partial charge in [0.05, 0.1) is 46.9 Å². The number of aryl methyl sites for hydroxylation is 2. The van der Waals surface area contributed by atoms with Crippen LogP contribution in [-0.2, 0) is 25.9 Å². The fourth-order valence-corrected chi connectivity index (χ4v) is 4.73. The zero-order valence-electron chi connectivity index (χ0n) is 25.0. The molecule has 3 aromatic heterocycles. The van der Waals surface area contributed by atoms with E-state index in [1.807, 2.05) is 44.7 Å². The molecule has 214 valence electrons. The van der Waals surface area contributed by atoms with E-state index in [9.17, 15) is 0 Å². The minimum Gasteiger partial charge on any atom is -0.333 e. The number of hydrogen-bond donors (Lipinski definition) is 0. The molecule has 0 N–H and O–H groups in total. The number of rotatable bonds is 12. The van der Waals surface area contributed by atoms with Gasteiger partial charge in [-0.2, -0.15) is 0 Å². The number of nitrogens with zero attached hydrogens (tertiary/aromatic N) is 7. The minimum absolute atomic E-state index is 0.670. The second-order valence-corrected chi connectivity index (χ2v) is 10.9. The second-order valence-electron chi connectivity index (χ2n) is 10.9. The van der Waals surface area contributed by atoms with E-state index in [-0.39, 0.29) is 0 Å². The first-order chi connectivity index (χ1) is 20.4. The van der Waals surface area contributed by atoms with Crippen molar-refractivity contribution in [3.63, 3.8) is 0 Å². The number of aliphatic imine (C=N–C) groups is 2. The highest BCUT2D eigenvalue weighted by molar-refractivity contribution is 6.00. The van der Waals surface area contributed by atoms with Crippen LogP contribution in [0.1, 0.15) is 58.9 Å². The highest BCUT2D eigenvalue weighted by Crippen LogP contribution is 2.09. The van der Waals surface area contributed by atoms with Crippen LogP contribution in [0, 0.1) is 13.8 Å². The van der Waals surface area contributed by atoms with E-state index in [4.69, 9.17) is 15.0 Å². The zero-order chi connectivity index (χ0) is 29.3. The standard InChI is InChI=1S/C35H39N7/c1-26-8-12-30(13-9-26)20-41-22-32(38-24-41)16-18-36-28(3)34-6-5-7-35(40-34)29(4)37-19-17-33-23-42(25-39-33)21-31-14-10-27(2)11-15-31/h5-15,22-25H,16-21H2,1-4H3. The molecule has 3 heterocycles. The highest BCUT2D eigenvalue weighted by Gasteiger charge is 2.06. The van der Waals surface area contributed by atoms with Gasteiger partial charge in [-0.1, -0.05) is 65.7 Å². The summed E-state index contributed by atoms with van der Waals surface area (Å²) in [5.74, 6) is 0. The van der Waals surface area contributed by atoms with Gasteiger partial charge in [0, 0.05) is 51.4 Å². The summed E-state index contributed by atoms with van der Waals surface area (Å²) in [4.78, 5) is 23.5. The number of aromatic nitrogens is 5. The Balaban J connectivity index is 1.11. The van der Waals surface area contributed by atoms with Gasteiger partial charge in [0.1, 0.15) is 0 Å². The molecule has 0 spiro atoms. The van der Waals surface area contributed by atoms with Crippen molar-refractivity contribution in [1.82, 2.24) is 24.1 Å². The molecule has 0 fully saturated rings. The quantitative estimate of drug-likeness (QED) is 0.169. The predicted molar refractivity (Wildman–Crippen MR) is 171 cm³/mol. The van der Waals surface area contributed by atoms with Crippen molar-refractivity contribution >= 4 is 11.4 Å². The zero-order valence-corrected chi connectivity index (χ0v) is 25.0. The number of pyridine rings is 1. The van der Waals surface area contributed by atoms with Crippen molar-refractivity contribution in [3.05, 3.63) is 137 Å². The van der Waals surface area contributed by atoms with Gasteiger partial charge < -0.3 is 9.13 Å². The predicted octanol–water partition coefficient (Wildman–Crippen LogP) is 6.29. The van der Waals surface area contributed by atoms with Gasteiger partial charge in [-0.15, -0.1) is 0 Å². The molecule has 2 aromatic carbocycles. The first-order valence-corrected chi connectivity index (χ1v) is 14.5. The third-order valence-electron chi connectivity index (χ3n) is 7.27. The Hall–Kier alpha value is -4.65. The minimum atomic E-state index is 0.670. The van der Waals surface area contributed by atoms with Crippen molar-refractivity contribution in [1.29, 1.82) is 0 Å². The van der Waals surface area contributed by atoms with E-state index in [2.05, 4.69) is 93.9 Å². The molecule has 0 atom stereocenters. The smallest absolute Gasteiger partial charge is 0.0952 e. The first kappa shape index (κ1) is 28.9. The molecule has 7 heteroatoms. The van der Waals surface area contributed by atoms with E-state index < -0.39 is 0 Å². The van der Waals surface area contributed by atoms with Gasteiger partial charge in [0.15, 0.2) is 0 Å². The Labute approximate surface area is 248 Å². The Bertz CT molecular complexity index is 1530. The normalized spacial score (nSPS) is 12.2. The number of benzene rings is 2. The van der Waals surface area contributed by atoms with E-state index in [0.29, 0.717) is 13.1 Å². The Morgan fingerprint density at radius 2 is 1.05 bits per heavy atom. The lowest BCUT2D eigenvalue weighted by atomic mass is 10.1. The monoisotopic (exact) mass is 557 g/mol. The average molecular weight is 558 g/mol. The summed E-state index contributed by atoms with van der Waals surface area (Å²) in [6, 6.07) is 23.3. The van der Waals surface area contributed by atoms with Crippen LogP contribution in [0.5, 0.6) is 0 Å². The summed E-state index contributed by atoms with van der Waals surface area (Å²) >= 11 is 0. The molecule has 0 bridgehead atoms. The van der Waals surface area contributed by atoms with Gasteiger partial charge in [-0.3, -0.25) is 9.98 Å². The van der Waals surface area contributed by atoms with E-state index in [1.165, 1.54) is 22.3 Å². The summed E-state index contributed by atoms with van der Waals surface area (Å²) in [6.45, 7) is 11.2. The summed E-state index contributed by atoms with van der Waals surface area (Å²) in [6.07, 6.45) is 9.60. The summed E-state index contributed by atoms with van der Waals surface area (Å²) in [7, 11) is 0. The molecule has 42 heavy (non-hydrogen) atoms. The maximum atomic E-state index is 4.84. The topological polar surface area (TPSA) is 73.2 Å².